The third-order valence-corrected chi connectivity index (χ3v) is 3.24. The Morgan fingerprint density at radius 1 is 1.58 bits per heavy atom. The van der Waals surface area contributed by atoms with Crippen LogP contribution in [0.25, 0.3) is 0 Å². The van der Waals surface area contributed by atoms with Crippen molar-refractivity contribution in [1.82, 2.24) is 10.6 Å². The molecule has 0 radical (unpaired) electrons. The number of hydrogen-bond donors (Lipinski definition) is 2. The van der Waals surface area contributed by atoms with Gasteiger partial charge in [0.2, 0.25) is 0 Å². The number of nitrogens with zero attached hydrogens (tertiary/aromatic N) is 1. The number of halogens is 1. The van der Waals surface area contributed by atoms with Gasteiger partial charge < -0.3 is 10.6 Å². The highest BCUT2D eigenvalue weighted by Crippen LogP contribution is 2.09. The lowest BCUT2D eigenvalue weighted by atomic mass is 10.1. The third kappa shape index (κ3) is 5.18. The van der Waals surface area contributed by atoms with Crippen LogP contribution < -0.4 is 10.6 Å². The van der Waals surface area contributed by atoms with Gasteiger partial charge in [0.1, 0.15) is 5.82 Å². The highest BCUT2D eigenvalue weighted by Gasteiger charge is 2.08. The Labute approximate surface area is 116 Å². The molecule has 0 saturated carbocycles. The first-order chi connectivity index (χ1) is 9.06. The second kappa shape index (κ2) is 7.64. The average molecular weight is 281 g/mol. The van der Waals surface area contributed by atoms with Gasteiger partial charge in [-0.3, -0.25) is 0 Å². The molecule has 0 aliphatic rings. The van der Waals surface area contributed by atoms with E-state index in [1.54, 1.807) is 11.8 Å². The second-order valence-electron chi connectivity index (χ2n) is 4.10. The zero-order chi connectivity index (χ0) is 14.3. The van der Waals surface area contributed by atoms with E-state index >= 15 is 0 Å². The third-order valence-electron chi connectivity index (χ3n) is 2.41. The summed E-state index contributed by atoms with van der Waals surface area (Å²) in [6, 6.07) is 5.70. The van der Waals surface area contributed by atoms with E-state index in [2.05, 4.69) is 10.6 Å². The van der Waals surface area contributed by atoms with Crippen LogP contribution in [0.3, 0.4) is 0 Å². The fourth-order valence-electron chi connectivity index (χ4n) is 1.52. The summed E-state index contributed by atoms with van der Waals surface area (Å²) >= 11 is 1.64. The Morgan fingerprint density at radius 3 is 2.95 bits per heavy atom. The van der Waals surface area contributed by atoms with Crippen molar-refractivity contribution in [2.45, 2.75) is 19.5 Å². The van der Waals surface area contributed by atoms with Crippen molar-refractivity contribution in [3.8, 4) is 6.07 Å². The SMILES string of the molecule is CSCC(C)NC(=O)NCc1cc(C#N)ccc1F. The van der Waals surface area contributed by atoms with Gasteiger partial charge in [0, 0.05) is 23.9 Å². The minimum atomic E-state index is -0.434. The van der Waals surface area contributed by atoms with Crippen LogP contribution in [0.15, 0.2) is 18.2 Å². The van der Waals surface area contributed by atoms with Gasteiger partial charge in [-0.25, -0.2) is 9.18 Å². The molecule has 4 nitrogen and oxygen atoms in total. The van der Waals surface area contributed by atoms with E-state index in [4.69, 9.17) is 5.26 Å². The molecule has 0 aliphatic heterocycles. The van der Waals surface area contributed by atoms with Crippen LogP contribution in [0.1, 0.15) is 18.1 Å². The van der Waals surface area contributed by atoms with Gasteiger partial charge in [0.25, 0.3) is 0 Å². The number of nitriles is 1. The van der Waals surface area contributed by atoms with E-state index in [1.165, 1.54) is 18.2 Å². The fraction of sp³-hybridized carbons (Fsp3) is 0.385. The van der Waals surface area contributed by atoms with Crippen LogP contribution in [0.5, 0.6) is 0 Å². The molecule has 1 atom stereocenters. The van der Waals surface area contributed by atoms with Crippen molar-refractivity contribution in [2.24, 2.45) is 0 Å². The van der Waals surface area contributed by atoms with Crippen molar-refractivity contribution in [3.63, 3.8) is 0 Å². The Balaban J connectivity index is 2.53. The standard InChI is InChI=1S/C13H16FN3OS/c1-9(8-19-2)17-13(18)16-7-11-5-10(6-15)3-4-12(11)14/h3-5,9H,7-8H2,1-2H3,(H2,16,17,18). The zero-order valence-corrected chi connectivity index (χ0v) is 11.7. The highest BCUT2D eigenvalue weighted by molar-refractivity contribution is 7.98. The maximum Gasteiger partial charge on any atom is 0.315 e. The van der Waals surface area contributed by atoms with E-state index in [0.717, 1.165) is 5.75 Å². The molecule has 1 aromatic carbocycles. The van der Waals surface area contributed by atoms with E-state index in [9.17, 15) is 9.18 Å². The Morgan fingerprint density at radius 2 is 2.32 bits per heavy atom. The van der Waals surface area contributed by atoms with Crippen molar-refractivity contribution in [2.75, 3.05) is 12.0 Å². The molecule has 102 valence electrons. The quantitative estimate of drug-likeness (QED) is 0.870. The number of benzene rings is 1. The van der Waals surface area contributed by atoms with Crippen LogP contribution in [0.4, 0.5) is 9.18 Å². The maximum atomic E-state index is 13.5. The van der Waals surface area contributed by atoms with Crippen LogP contribution >= 0.6 is 11.8 Å². The number of carbonyl (C=O) groups excluding carboxylic acids is 1. The molecule has 2 amide bonds. The smallest absolute Gasteiger partial charge is 0.315 e. The van der Waals surface area contributed by atoms with E-state index in [-0.39, 0.29) is 18.6 Å². The van der Waals surface area contributed by atoms with Gasteiger partial charge in [0.05, 0.1) is 11.6 Å². The number of thioether (sulfide) groups is 1. The molecule has 6 heteroatoms. The molecule has 1 rings (SSSR count). The first-order valence-electron chi connectivity index (χ1n) is 5.78. The fourth-order valence-corrected chi connectivity index (χ4v) is 2.11. The van der Waals surface area contributed by atoms with Gasteiger partial charge in [-0.15, -0.1) is 0 Å². The zero-order valence-electron chi connectivity index (χ0n) is 10.9. The summed E-state index contributed by atoms with van der Waals surface area (Å²) in [5.74, 6) is 0.377. The van der Waals surface area contributed by atoms with Gasteiger partial charge in [-0.1, -0.05) is 0 Å². The molecule has 0 aromatic heterocycles. The number of carbonyl (C=O) groups is 1. The topological polar surface area (TPSA) is 64.9 Å². The van der Waals surface area contributed by atoms with Crippen molar-refractivity contribution in [1.29, 1.82) is 5.26 Å². The normalized spacial score (nSPS) is 11.5. The number of amides is 2. The molecule has 0 heterocycles. The summed E-state index contributed by atoms with van der Waals surface area (Å²) in [6.07, 6.45) is 1.96. The van der Waals surface area contributed by atoms with E-state index < -0.39 is 5.82 Å². The molecule has 0 saturated heterocycles. The maximum absolute atomic E-state index is 13.5. The Bertz CT molecular complexity index is 487. The average Bonchev–Trinajstić information content (AvgIpc) is 2.38. The monoisotopic (exact) mass is 281 g/mol. The molecule has 1 unspecified atom stereocenters. The Kier molecular flexibility index (Phi) is 6.16. The second-order valence-corrected chi connectivity index (χ2v) is 5.01. The minimum Gasteiger partial charge on any atom is -0.335 e. The van der Waals surface area contributed by atoms with Gasteiger partial charge in [-0.2, -0.15) is 17.0 Å². The Hall–Kier alpha value is -1.74. The van der Waals surface area contributed by atoms with Crippen LogP contribution in [0.2, 0.25) is 0 Å². The van der Waals surface area contributed by atoms with Gasteiger partial charge in [0.15, 0.2) is 0 Å². The molecule has 0 aliphatic carbocycles. The van der Waals surface area contributed by atoms with Crippen LogP contribution in [-0.2, 0) is 6.54 Å². The summed E-state index contributed by atoms with van der Waals surface area (Å²) in [4.78, 5) is 11.5. The number of rotatable bonds is 5. The van der Waals surface area contributed by atoms with E-state index in [1.807, 2.05) is 19.2 Å². The first-order valence-corrected chi connectivity index (χ1v) is 7.18. The molecular formula is C13H16FN3OS. The predicted octanol–water partition coefficient (Wildman–Crippen LogP) is 2.25. The molecule has 0 fully saturated rings. The summed E-state index contributed by atoms with van der Waals surface area (Å²) < 4.78 is 13.5. The molecule has 0 spiro atoms. The lowest BCUT2D eigenvalue weighted by Crippen LogP contribution is -2.41. The number of hydrogen-bond acceptors (Lipinski definition) is 3. The molecule has 2 N–H and O–H groups in total. The van der Waals surface area contributed by atoms with E-state index in [0.29, 0.717) is 11.1 Å². The molecule has 19 heavy (non-hydrogen) atoms. The summed E-state index contributed by atoms with van der Waals surface area (Å²) in [7, 11) is 0. The van der Waals surface area contributed by atoms with Crippen LogP contribution in [-0.4, -0.2) is 24.1 Å². The molecule has 1 aromatic rings. The molecular weight excluding hydrogens is 265 g/mol. The lowest BCUT2D eigenvalue weighted by Gasteiger charge is -2.13. The van der Waals surface area contributed by atoms with Gasteiger partial charge in [-0.05, 0) is 31.4 Å². The highest BCUT2D eigenvalue weighted by atomic mass is 32.2. The lowest BCUT2D eigenvalue weighted by molar-refractivity contribution is 0.238. The minimum absolute atomic E-state index is 0.0466. The number of nitrogens with one attached hydrogen (secondary N) is 2. The van der Waals surface area contributed by atoms with Crippen molar-refractivity contribution >= 4 is 17.8 Å². The van der Waals surface area contributed by atoms with Gasteiger partial charge >= 0.3 is 6.03 Å². The van der Waals surface area contributed by atoms with Crippen molar-refractivity contribution < 1.29 is 9.18 Å². The largest absolute Gasteiger partial charge is 0.335 e. The summed E-state index contributed by atoms with van der Waals surface area (Å²) in [5.41, 5.74) is 0.668. The predicted molar refractivity (Wildman–Crippen MR) is 74.3 cm³/mol. The molecule has 0 bridgehead atoms. The summed E-state index contributed by atoms with van der Waals surface area (Å²) in [5, 5.41) is 14.0. The van der Waals surface area contributed by atoms with Crippen LogP contribution in [0, 0.1) is 17.1 Å². The number of urea groups is 1. The summed E-state index contributed by atoms with van der Waals surface area (Å²) in [6.45, 7) is 1.95. The first kappa shape index (κ1) is 15.3. The van der Waals surface area contributed by atoms with Crippen molar-refractivity contribution in [3.05, 3.63) is 35.1 Å².